The molecule has 0 saturated carbocycles. The lowest BCUT2D eigenvalue weighted by molar-refractivity contribution is 0.120. The van der Waals surface area contributed by atoms with Crippen molar-refractivity contribution in [3.05, 3.63) is 24.4 Å². The number of ether oxygens (including phenoxy) is 3. The maximum atomic E-state index is 5.58. The average Bonchev–Trinajstić information content (AvgIpc) is 3.13. The molecule has 2 heterocycles. The quantitative estimate of drug-likeness (QED) is 0.874. The van der Waals surface area contributed by atoms with Crippen LogP contribution in [0, 0.1) is 0 Å². The van der Waals surface area contributed by atoms with E-state index in [1.54, 1.807) is 20.4 Å². The molecule has 7 heteroatoms. The molecule has 0 radical (unpaired) electrons. The minimum absolute atomic E-state index is 0.220. The van der Waals surface area contributed by atoms with Gasteiger partial charge in [-0.25, -0.2) is 4.98 Å². The Morgan fingerprint density at radius 3 is 2.96 bits per heavy atom. The molecule has 0 aliphatic carbocycles. The van der Waals surface area contributed by atoms with Crippen LogP contribution in [0.3, 0.4) is 0 Å². The van der Waals surface area contributed by atoms with E-state index in [0.29, 0.717) is 23.9 Å². The predicted octanol–water partition coefficient (Wildman–Crippen LogP) is 2.15. The van der Waals surface area contributed by atoms with Crippen LogP contribution in [0.4, 0.5) is 5.95 Å². The highest BCUT2D eigenvalue weighted by atomic mass is 16.5. The maximum Gasteiger partial charge on any atom is 0.243 e. The van der Waals surface area contributed by atoms with Crippen molar-refractivity contribution in [2.75, 3.05) is 32.7 Å². The van der Waals surface area contributed by atoms with Crippen molar-refractivity contribution in [2.45, 2.75) is 18.9 Å². The molecule has 0 spiro atoms. The van der Waals surface area contributed by atoms with Crippen molar-refractivity contribution in [1.29, 1.82) is 0 Å². The standard InChI is InChI=1S/C16H20N4O3/c1-21-11-5-6-13(15(8-11)22-2)14-10-18-20-16(19-14)17-9-12-4-3-7-23-12/h5-6,8,10,12H,3-4,7,9H2,1-2H3,(H,17,19,20). The first kappa shape index (κ1) is 15.5. The summed E-state index contributed by atoms with van der Waals surface area (Å²) in [5.74, 6) is 1.88. The van der Waals surface area contributed by atoms with Gasteiger partial charge in [0.2, 0.25) is 5.95 Å². The molecule has 7 nitrogen and oxygen atoms in total. The fourth-order valence-corrected chi connectivity index (χ4v) is 2.53. The van der Waals surface area contributed by atoms with Crippen molar-refractivity contribution in [3.8, 4) is 22.8 Å². The van der Waals surface area contributed by atoms with Crippen LogP contribution in [-0.2, 0) is 4.74 Å². The van der Waals surface area contributed by atoms with Crippen LogP contribution in [0.5, 0.6) is 11.5 Å². The molecule has 1 atom stereocenters. The third-order valence-electron chi connectivity index (χ3n) is 3.76. The topological polar surface area (TPSA) is 78.4 Å². The average molecular weight is 316 g/mol. The van der Waals surface area contributed by atoms with Crippen LogP contribution in [0.25, 0.3) is 11.3 Å². The molecule has 122 valence electrons. The second-order valence-electron chi connectivity index (χ2n) is 5.25. The van der Waals surface area contributed by atoms with E-state index >= 15 is 0 Å². The number of rotatable bonds is 6. The van der Waals surface area contributed by atoms with Crippen molar-refractivity contribution >= 4 is 5.95 Å². The largest absolute Gasteiger partial charge is 0.497 e. The highest BCUT2D eigenvalue weighted by Crippen LogP contribution is 2.32. The maximum absolute atomic E-state index is 5.58. The van der Waals surface area contributed by atoms with Gasteiger partial charge in [0.05, 0.1) is 32.2 Å². The Morgan fingerprint density at radius 2 is 2.22 bits per heavy atom. The van der Waals surface area contributed by atoms with Gasteiger partial charge in [0, 0.05) is 24.8 Å². The summed E-state index contributed by atoms with van der Waals surface area (Å²) in [5.41, 5.74) is 1.53. The zero-order valence-corrected chi connectivity index (χ0v) is 13.3. The molecule has 1 fully saturated rings. The van der Waals surface area contributed by atoms with E-state index in [0.717, 1.165) is 30.8 Å². The number of methoxy groups -OCH3 is 2. The van der Waals surface area contributed by atoms with Gasteiger partial charge in [-0.15, -0.1) is 5.10 Å². The third kappa shape index (κ3) is 3.68. The van der Waals surface area contributed by atoms with Gasteiger partial charge in [-0.1, -0.05) is 0 Å². The number of hydrogen-bond donors (Lipinski definition) is 1. The normalized spacial score (nSPS) is 17.0. The van der Waals surface area contributed by atoms with E-state index in [9.17, 15) is 0 Å². The van der Waals surface area contributed by atoms with E-state index in [2.05, 4.69) is 20.5 Å². The second kappa shape index (κ2) is 7.23. The van der Waals surface area contributed by atoms with E-state index < -0.39 is 0 Å². The summed E-state index contributed by atoms with van der Waals surface area (Å²) in [6.07, 6.45) is 4.00. The minimum atomic E-state index is 0.220. The molecule has 1 N–H and O–H groups in total. The van der Waals surface area contributed by atoms with E-state index in [4.69, 9.17) is 14.2 Å². The Bertz CT molecular complexity index is 660. The van der Waals surface area contributed by atoms with Gasteiger partial charge in [0.1, 0.15) is 11.5 Å². The summed E-state index contributed by atoms with van der Waals surface area (Å²) >= 11 is 0. The van der Waals surface area contributed by atoms with Crippen molar-refractivity contribution in [1.82, 2.24) is 15.2 Å². The van der Waals surface area contributed by atoms with Crippen LogP contribution < -0.4 is 14.8 Å². The molecule has 1 aromatic carbocycles. The summed E-state index contributed by atoms with van der Waals surface area (Å²) in [5, 5.41) is 11.2. The molecular weight excluding hydrogens is 296 g/mol. The summed E-state index contributed by atoms with van der Waals surface area (Å²) in [7, 11) is 3.23. The second-order valence-corrected chi connectivity index (χ2v) is 5.25. The van der Waals surface area contributed by atoms with E-state index in [1.165, 1.54) is 0 Å². The Kier molecular flexibility index (Phi) is 4.87. The van der Waals surface area contributed by atoms with Crippen LogP contribution in [0.2, 0.25) is 0 Å². The lowest BCUT2D eigenvalue weighted by Crippen LogP contribution is -2.19. The van der Waals surface area contributed by atoms with Gasteiger partial charge >= 0.3 is 0 Å². The zero-order valence-electron chi connectivity index (χ0n) is 13.3. The lowest BCUT2D eigenvalue weighted by atomic mass is 10.1. The predicted molar refractivity (Wildman–Crippen MR) is 85.8 cm³/mol. The van der Waals surface area contributed by atoms with E-state index in [-0.39, 0.29) is 6.10 Å². The Labute approximate surface area is 135 Å². The number of hydrogen-bond acceptors (Lipinski definition) is 7. The molecule has 23 heavy (non-hydrogen) atoms. The monoisotopic (exact) mass is 316 g/mol. The first-order valence-corrected chi connectivity index (χ1v) is 7.57. The van der Waals surface area contributed by atoms with Gasteiger partial charge in [-0.05, 0) is 25.0 Å². The summed E-state index contributed by atoms with van der Waals surface area (Å²) in [6, 6.07) is 5.57. The lowest BCUT2D eigenvalue weighted by Gasteiger charge is -2.12. The molecule has 1 unspecified atom stereocenters. The molecule has 1 aliphatic rings. The van der Waals surface area contributed by atoms with Crippen LogP contribution in [0.15, 0.2) is 24.4 Å². The molecule has 0 amide bonds. The summed E-state index contributed by atoms with van der Waals surface area (Å²) < 4.78 is 16.2. The summed E-state index contributed by atoms with van der Waals surface area (Å²) in [6.45, 7) is 1.51. The number of anilines is 1. The summed E-state index contributed by atoms with van der Waals surface area (Å²) in [4.78, 5) is 4.51. The molecule has 0 bridgehead atoms. The molecule has 3 rings (SSSR count). The van der Waals surface area contributed by atoms with Gasteiger partial charge in [0.15, 0.2) is 0 Å². The number of aromatic nitrogens is 3. The minimum Gasteiger partial charge on any atom is -0.497 e. The molecule has 1 aliphatic heterocycles. The van der Waals surface area contributed by atoms with Crippen LogP contribution in [0.1, 0.15) is 12.8 Å². The highest BCUT2D eigenvalue weighted by Gasteiger charge is 2.16. The third-order valence-corrected chi connectivity index (χ3v) is 3.76. The van der Waals surface area contributed by atoms with Crippen LogP contribution >= 0.6 is 0 Å². The fourth-order valence-electron chi connectivity index (χ4n) is 2.53. The van der Waals surface area contributed by atoms with Gasteiger partial charge in [0.25, 0.3) is 0 Å². The Morgan fingerprint density at radius 1 is 1.30 bits per heavy atom. The molecular formula is C16H20N4O3. The highest BCUT2D eigenvalue weighted by molar-refractivity contribution is 5.68. The Balaban J connectivity index is 1.78. The number of nitrogens with zero attached hydrogens (tertiary/aromatic N) is 3. The number of nitrogens with one attached hydrogen (secondary N) is 1. The van der Waals surface area contributed by atoms with Gasteiger partial charge in [-0.2, -0.15) is 5.10 Å². The van der Waals surface area contributed by atoms with Crippen molar-refractivity contribution in [3.63, 3.8) is 0 Å². The number of benzene rings is 1. The molecule has 1 aromatic heterocycles. The first-order chi connectivity index (χ1) is 11.3. The SMILES string of the molecule is COc1ccc(-c2cnnc(NCC3CCCO3)n2)c(OC)c1. The molecule has 2 aromatic rings. The van der Waals surface area contributed by atoms with Gasteiger partial charge < -0.3 is 19.5 Å². The van der Waals surface area contributed by atoms with Crippen molar-refractivity contribution < 1.29 is 14.2 Å². The van der Waals surface area contributed by atoms with Gasteiger partial charge in [-0.3, -0.25) is 0 Å². The van der Waals surface area contributed by atoms with Crippen molar-refractivity contribution in [2.24, 2.45) is 0 Å². The fraction of sp³-hybridized carbons (Fsp3) is 0.438. The smallest absolute Gasteiger partial charge is 0.243 e. The molecule has 1 saturated heterocycles. The van der Waals surface area contributed by atoms with Crippen LogP contribution in [-0.4, -0.2) is 48.7 Å². The Hall–Kier alpha value is -2.41. The first-order valence-electron chi connectivity index (χ1n) is 7.57. The zero-order chi connectivity index (χ0) is 16.1. The van der Waals surface area contributed by atoms with E-state index in [1.807, 2.05) is 18.2 Å².